The fraction of sp³-hybridized carbons (Fsp3) is 0.304. The number of aromatic nitrogens is 2. The second-order valence-corrected chi connectivity index (χ2v) is 10.2. The number of amides is 2. The lowest BCUT2D eigenvalue weighted by Crippen LogP contribution is -2.50. The van der Waals surface area contributed by atoms with Gasteiger partial charge in [-0.05, 0) is 38.1 Å². The lowest BCUT2D eigenvalue weighted by Gasteiger charge is -2.33. The van der Waals surface area contributed by atoms with Gasteiger partial charge >= 0.3 is 0 Å². The van der Waals surface area contributed by atoms with E-state index in [1.54, 1.807) is 54.6 Å². The van der Waals surface area contributed by atoms with Gasteiger partial charge in [0.25, 0.3) is 11.8 Å². The fourth-order valence-electron chi connectivity index (χ4n) is 4.35. The maximum absolute atomic E-state index is 14.4. The van der Waals surface area contributed by atoms with Gasteiger partial charge < -0.3 is 19.8 Å². The molecule has 2 N–H and O–H groups in total. The molecule has 0 bridgehead atoms. The van der Waals surface area contributed by atoms with Gasteiger partial charge in [-0.3, -0.25) is 9.59 Å². The first kappa shape index (κ1) is 23.7. The molecule has 3 heterocycles. The van der Waals surface area contributed by atoms with E-state index in [2.05, 4.69) is 0 Å². The molecule has 1 aromatic carbocycles. The molecular formula is C23H26FN5O4S. The van der Waals surface area contributed by atoms with Crippen molar-refractivity contribution in [2.45, 2.75) is 18.7 Å². The average molecular weight is 488 g/mol. The second-order valence-electron chi connectivity index (χ2n) is 8.30. The molecule has 0 aliphatic carbocycles. The molecule has 2 aromatic heterocycles. The molecule has 34 heavy (non-hydrogen) atoms. The van der Waals surface area contributed by atoms with Crippen LogP contribution < -0.4 is 5.73 Å². The summed E-state index contributed by atoms with van der Waals surface area (Å²) < 4.78 is 44.8. The zero-order valence-electron chi connectivity index (χ0n) is 19.2. The van der Waals surface area contributed by atoms with Gasteiger partial charge in [-0.2, -0.15) is 4.31 Å². The Balaban J connectivity index is 1.52. The summed E-state index contributed by atoms with van der Waals surface area (Å²) >= 11 is 0. The molecule has 0 radical (unpaired) electrons. The Morgan fingerprint density at radius 3 is 2.26 bits per heavy atom. The predicted octanol–water partition coefficient (Wildman–Crippen LogP) is 1.82. The highest BCUT2D eigenvalue weighted by atomic mass is 32.2. The quantitative estimate of drug-likeness (QED) is 0.592. The third kappa shape index (κ3) is 4.01. The van der Waals surface area contributed by atoms with E-state index in [1.165, 1.54) is 27.2 Å². The highest BCUT2D eigenvalue weighted by Crippen LogP contribution is 2.25. The van der Waals surface area contributed by atoms with Crippen molar-refractivity contribution in [3.05, 3.63) is 71.1 Å². The third-order valence-corrected chi connectivity index (χ3v) is 8.01. The van der Waals surface area contributed by atoms with E-state index >= 15 is 0 Å². The minimum atomic E-state index is -3.84. The van der Waals surface area contributed by atoms with E-state index in [0.717, 1.165) is 5.69 Å². The number of rotatable bonds is 5. The SMILES string of the molecule is Cc1cc(C(=O)N2CCN(S(=O)(=O)c3cc(C(N)=O)n(C)c3)CC2)c(C)n1-c1ccccc1F. The van der Waals surface area contributed by atoms with Crippen LogP contribution in [0.3, 0.4) is 0 Å². The van der Waals surface area contributed by atoms with Crippen molar-refractivity contribution in [1.29, 1.82) is 0 Å². The van der Waals surface area contributed by atoms with Gasteiger partial charge in [0.15, 0.2) is 0 Å². The number of aryl methyl sites for hydroxylation is 2. The highest BCUT2D eigenvalue weighted by molar-refractivity contribution is 7.89. The Hall–Kier alpha value is -3.44. The number of primary amides is 1. The first-order valence-electron chi connectivity index (χ1n) is 10.7. The minimum absolute atomic E-state index is 0.0167. The summed E-state index contributed by atoms with van der Waals surface area (Å²) in [7, 11) is -2.29. The minimum Gasteiger partial charge on any atom is -0.364 e. The van der Waals surface area contributed by atoms with Gasteiger partial charge in [-0.1, -0.05) is 12.1 Å². The van der Waals surface area contributed by atoms with E-state index in [4.69, 9.17) is 5.73 Å². The van der Waals surface area contributed by atoms with Gasteiger partial charge in [-0.25, -0.2) is 12.8 Å². The van der Waals surface area contributed by atoms with Gasteiger partial charge in [0, 0.05) is 50.8 Å². The van der Waals surface area contributed by atoms with Crippen molar-refractivity contribution in [2.75, 3.05) is 26.2 Å². The molecule has 1 aliphatic heterocycles. The smallest absolute Gasteiger partial charge is 0.265 e. The van der Waals surface area contributed by atoms with Crippen LogP contribution in [0.4, 0.5) is 4.39 Å². The van der Waals surface area contributed by atoms with Crippen molar-refractivity contribution in [1.82, 2.24) is 18.3 Å². The number of carbonyl (C=O) groups excluding carboxylic acids is 2. The summed E-state index contributed by atoms with van der Waals surface area (Å²) in [4.78, 5) is 26.3. The standard InChI is InChI=1S/C23H26FN5O4S/c1-15-12-18(16(2)29(15)20-7-5-4-6-19(20)24)23(31)27-8-10-28(11-9-27)34(32,33)17-13-21(22(25)30)26(3)14-17/h4-7,12-14H,8-11H2,1-3H3,(H2,25,30). The van der Waals surface area contributed by atoms with Crippen LogP contribution in [0, 0.1) is 19.7 Å². The van der Waals surface area contributed by atoms with E-state index in [1.807, 2.05) is 0 Å². The third-order valence-electron chi connectivity index (χ3n) is 6.15. The van der Waals surface area contributed by atoms with Crippen molar-refractivity contribution in [2.24, 2.45) is 12.8 Å². The average Bonchev–Trinajstić information content (AvgIpc) is 3.34. The maximum atomic E-state index is 14.4. The second kappa shape index (κ2) is 8.73. The number of piperazine rings is 1. The Morgan fingerprint density at radius 2 is 1.68 bits per heavy atom. The summed E-state index contributed by atoms with van der Waals surface area (Å²) in [5.41, 5.74) is 7.54. The Morgan fingerprint density at radius 1 is 1.03 bits per heavy atom. The Labute approximate surface area is 197 Å². The molecule has 2 amide bonds. The zero-order chi connectivity index (χ0) is 24.8. The van der Waals surface area contributed by atoms with Crippen LogP contribution in [-0.4, -0.2) is 64.8 Å². The van der Waals surface area contributed by atoms with Gasteiger partial charge in [-0.15, -0.1) is 0 Å². The molecule has 1 saturated heterocycles. The molecule has 0 atom stereocenters. The summed E-state index contributed by atoms with van der Waals surface area (Å²) in [6, 6.07) is 9.35. The monoisotopic (exact) mass is 487 g/mol. The van der Waals surface area contributed by atoms with Crippen molar-refractivity contribution < 1.29 is 22.4 Å². The van der Waals surface area contributed by atoms with Crippen LogP contribution in [0.5, 0.6) is 0 Å². The molecule has 0 saturated carbocycles. The van der Waals surface area contributed by atoms with Crippen LogP contribution in [0.2, 0.25) is 0 Å². The lowest BCUT2D eigenvalue weighted by atomic mass is 10.2. The van der Waals surface area contributed by atoms with E-state index in [-0.39, 0.29) is 48.5 Å². The summed E-state index contributed by atoms with van der Waals surface area (Å²) in [5.74, 6) is -1.33. The first-order chi connectivity index (χ1) is 16.0. The molecule has 11 heteroatoms. The number of benzene rings is 1. The van der Waals surface area contributed by atoms with E-state index in [9.17, 15) is 22.4 Å². The van der Waals surface area contributed by atoms with Gasteiger partial charge in [0.1, 0.15) is 16.4 Å². The summed E-state index contributed by atoms with van der Waals surface area (Å²) in [6.45, 7) is 4.20. The molecule has 180 valence electrons. The van der Waals surface area contributed by atoms with Gasteiger partial charge in [0.05, 0.1) is 11.3 Å². The Bertz CT molecular complexity index is 1380. The van der Waals surface area contributed by atoms with E-state index in [0.29, 0.717) is 16.9 Å². The highest BCUT2D eigenvalue weighted by Gasteiger charge is 2.33. The number of hydrogen-bond acceptors (Lipinski definition) is 4. The topological polar surface area (TPSA) is 111 Å². The van der Waals surface area contributed by atoms with Crippen LogP contribution in [0.1, 0.15) is 32.2 Å². The van der Waals surface area contributed by atoms with Crippen LogP contribution in [-0.2, 0) is 17.1 Å². The number of para-hydroxylation sites is 1. The molecule has 4 rings (SSSR count). The van der Waals surface area contributed by atoms with Crippen LogP contribution in [0.15, 0.2) is 47.5 Å². The largest absolute Gasteiger partial charge is 0.364 e. The predicted molar refractivity (Wildman–Crippen MR) is 124 cm³/mol. The van der Waals surface area contributed by atoms with Crippen molar-refractivity contribution >= 4 is 21.8 Å². The number of nitrogens with two attached hydrogens (primary N) is 1. The molecule has 0 spiro atoms. The normalized spacial score (nSPS) is 15.0. The first-order valence-corrected chi connectivity index (χ1v) is 12.2. The van der Waals surface area contributed by atoms with E-state index < -0.39 is 15.9 Å². The fourth-order valence-corrected chi connectivity index (χ4v) is 5.85. The molecular weight excluding hydrogens is 461 g/mol. The maximum Gasteiger partial charge on any atom is 0.265 e. The molecule has 3 aromatic rings. The van der Waals surface area contributed by atoms with Crippen LogP contribution in [0.25, 0.3) is 5.69 Å². The molecule has 0 unspecified atom stereocenters. The number of hydrogen-bond donors (Lipinski definition) is 1. The van der Waals surface area contributed by atoms with Crippen LogP contribution >= 0.6 is 0 Å². The Kier molecular flexibility index (Phi) is 6.09. The molecule has 1 aliphatic rings. The number of halogens is 1. The number of carbonyl (C=O) groups is 2. The zero-order valence-corrected chi connectivity index (χ0v) is 20.0. The summed E-state index contributed by atoms with van der Waals surface area (Å²) in [6.07, 6.45) is 1.35. The van der Waals surface area contributed by atoms with Crippen molar-refractivity contribution in [3.63, 3.8) is 0 Å². The van der Waals surface area contributed by atoms with Crippen molar-refractivity contribution in [3.8, 4) is 5.69 Å². The van der Waals surface area contributed by atoms with Gasteiger partial charge in [0.2, 0.25) is 10.0 Å². The lowest BCUT2D eigenvalue weighted by molar-refractivity contribution is 0.0697. The summed E-state index contributed by atoms with van der Waals surface area (Å²) in [5, 5.41) is 0. The number of sulfonamides is 1. The molecule has 1 fully saturated rings. The number of nitrogens with zero attached hydrogens (tertiary/aromatic N) is 4. The molecule has 9 nitrogen and oxygen atoms in total.